The molecule has 1 saturated heterocycles. The van der Waals surface area contributed by atoms with E-state index in [1.54, 1.807) is 31.1 Å². The van der Waals surface area contributed by atoms with Crippen LogP contribution >= 0.6 is 0 Å². The second kappa shape index (κ2) is 10.4. The normalized spacial score (nSPS) is 19.4. The first-order valence-electron chi connectivity index (χ1n) is 11.8. The summed E-state index contributed by atoms with van der Waals surface area (Å²) in [7, 11) is 3.53. The topological polar surface area (TPSA) is 76.9 Å². The van der Waals surface area contributed by atoms with Crippen molar-refractivity contribution in [3.05, 3.63) is 47.8 Å². The molecule has 33 heavy (non-hydrogen) atoms. The van der Waals surface area contributed by atoms with Gasteiger partial charge in [-0.3, -0.25) is 14.3 Å². The third kappa shape index (κ3) is 5.21. The number of aryl methyl sites for hydroxylation is 1. The van der Waals surface area contributed by atoms with Gasteiger partial charge in [-0.2, -0.15) is 5.10 Å². The van der Waals surface area contributed by atoms with E-state index in [2.05, 4.69) is 5.10 Å². The second-order valence-corrected chi connectivity index (χ2v) is 9.16. The maximum absolute atomic E-state index is 13.3. The highest BCUT2D eigenvalue weighted by molar-refractivity contribution is 5.97. The molecule has 2 amide bonds. The maximum Gasteiger partial charge on any atom is 0.272 e. The molecular formula is C25H34N4O4. The van der Waals surface area contributed by atoms with Gasteiger partial charge in [-0.1, -0.05) is 18.6 Å². The SMILES string of the molecule is COCC12CCCCN(C(=O)c3ccnn3C)CCOc3ccccc3C(=O)N(CC1)CC2. The molecule has 0 aliphatic carbocycles. The van der Waals surface area contributed by atoms with E-state index in [-0.39, 0.29) is 17.2 Å². The van der Waals surface area contributed by atoms with E-state index in [1.165, 1.54) is 0 Å². The van der Waals surface area contributed by atoms with Gasteiger partial charge in [-0.05, 0) is 49.3 Å². The number of carbonyl (C=O) groups excluding carboxylic acids is 2. The Morgan fingerprint density at radius 3 is 2.61 bits per heavy atom. The molecule has 0 radical (unpaired) electrons. The summed E-state index contributed by atoms with van der Waals surface area (Å²) < 4.78 is 13.2. The van der Waals surface area contributed by atoms with Crippen molar-refractivity contribution >= 4 is 11.8 Å². The zero-order valence-electron chi connectivity index (χ0n) is 19.7. The van der Waals surface area contributed by atoms with Crippen LogP contribution in [0.4, 0.5) is 0 Å². The number of ether oxygens (including phenoxy) is 2. The molecule has 8 nitrogen and oxygen atoms in total. The number of carbonyl (C=O) groups is 2. The first kappa shape index (κ1) is 23.3. The van der Waals surface area contributed by atoms with Crippen molar-refractivity contribution in [1.29, 1.82) is 0 Å². The van der Waals surface area contributed by atoms with Gasteiger partial charge in [0.2, 0.25) is 0 Å². The predicted molar refractivity (Wildman–Crippen MR) is 124 cm³/mol. The van der Waals surface area contributed by atoms with Crippen LogP contribution in [0.1, 0.15) is 53.0 Å². The highest BCUT2D eigenvalue weighted by atomic mass is 16.5. The van der Waals surface area contributed by atoms with Crippen molar-refractivity contribution in [2.24, 2.45) is 12.5 Å². The monoisotopic (exact) mass is 454 g/mol. The minimum Gasteiger partial charge on any atom is -0.491 e. The van der Waals surface area contributed by atoms with Gasteiger partial charge in [0.15, 0.2) is 0 Å². The Kier molecular flexibility index (Phi) is 7.33. The number of aromatic nitrogens is 2. The molecule has 0 N–H and O–H groups in total. The molecule has 4 heterocycles. The number of para-hydroxylation sites is 1. The second-order valence-electron chi connectivity index (χ2n) is 9.16. The van der Waals surface area contributed by atoms with Gasteiger partial charge < -0.3 is 19.3 Å². The zero-order valence-corrected chi connectivity index (χ0v) is 19.7. The number of amides is 2. The van der Waals surface area contributed by atoms with Crippen LogP contribution in [-0.2, 0) is 11.8 Å². The van der Waals surface area contributed by atoms with E-state index >= 15 is 0 Å². The number of rotatable bonds is 3. The number of hydrogen-bond donors (Lipinski definition) is 0. The Morgan fingerprint density at radius 1 is 1.09 bits per heavy atom. The largest absolute Gasteiger partial charge is 0.491 e. The molecule has 0 atom stereocenters. The molecule has 3 aliphatic rings. The third-order valence-electron chi connectivity index (χ3n) is 7.01. The molecule has 2 bridgehead atoms. The van der Waals surface area contributed by atoms with Gasteiger partial charge >= 0.3 is 0 Å². The van der Waals surface area contributed by atoms with Crippen molar-refractivity contribution in [2.75, 3.05) is 46.5 Å². The number of methoxy groups -OCH3 is 1. The molecule has 0 spiro atoms. The number of nitrogens with zero attached hydrogens (tertiary/aromatic N) is 4. The van der Waals surface area contributed by atoms with Gasteiger partial charge in [0.25, 0.3) is 11.8 Å². The fourth-order valence-corrected chi connectivity index (χ4v) is 5.03. The molecule has 178 valence electrons. The molecule has 2 aromatic rings. The summed E-state index contributed by atoms with van der Waals surface area (Å²) in [6.07, 6.45) is 6.44. The van der Waals surface area contributed by atoms with E-state index < -0.39 is 0 Å². The molecule has 8 heteroatoms. The lowest BCUT2D eigenvalue weighted by atomic mass is 9.75. The van der Waals surface area contributed by atoms with Crippen LogP contribution in [0, 0.1) is 5.41 Å². The Labute approximate surface area is 195 Å². The summed E-state index contributed by atoms with van der Waals surface area (Å²) in [5, 5.41) is 4.14. The summed E-state index contributed by atoms with van der Waals surface area (Å²) in [5.41, 5.74) is 1.22. The van der Waals surface area contributed by atoms with Crippen LogP contribution in [0.15, 0.2) is 36.5 Å². The standard InChI is InChI=1S/C25H34N4O4/c1-27-21(9-13-26-27)24(31)28-14-6-5-10-25(19-32-2)11-15-29(16-12-25)23(30)20-7-3-4-8-22(20)33-18-17-28/h3-4,7-9,13H,5-6,10-12,14-19H2,1-2H3. The molecular weight excluding hydrogens is 420 g/mol. The summed E-state index contributed by atoms with van der Waals surface area (Å²) in [6.45, 7) is 3.57. The Balaban J connectivity index is 1.58. The van der Waals surface area contributed by atoms with E-state index in [4.69, 9.17) is 9.47 Å². The molecule has 1 aromatic heterocycles. The van der Waals surface area contributed by atoms with Crippen molar-refractivity contribution in [3.63, 3.8) is 0 Å². The van der Waals surface area contributed by atoms with E-state index in [0.29, 0.717) is 43.3 Å². The summed E-state index contributed by atoms with van der Waals surface area (Å²) in [6, 6.07) is 9.14. The fraction of sp³-hybridized carbons (Fsp3) is 0.560. The summed E-state index contributed by atoms with van der Waals surface area (Å²) >= 11 is 0. The molecule has 5 rings (SSSR count). The van der Waals surface area contributed by atoms with Crippen LogP contribution in [0.5, 0.6) is 5.75 Å². The highest BCUT2D eigenvalue weighted by Crippen LogP contribution is 2.38. The van der Waals surface area contributed by atoms with Gasteiger partial charge in [0, 0.05) is 40.0 Å². The minimum absolute atomic E-state index is 0.00862. The minimum atomic E-state index is -0.0501. The Hall–Kier alpha value is -2.87. The summed E-state index contributed by atoms with van der Waals surface area (Å²) in [4.78, 5) is 30.3. The third-order valence-corrected chi connectivity index (χ3v) is 7.01. The van der Waals surface area contributed by atoms with Gasteiger partial charge in [0.05, 0.1) is 18.7 Å². The van der Waals surface area contributed by atoms with Crippen LogP contribution in [-0.4, -0.2) is 77.9 Å². The lowest BCUT2D eigenvalue weighted by molar-refractivity contribution is 0.0136. The number of benzene rings is 1. The predicted octanol–water partition coefficient (Wildman–Crippen LogP) is 2.99. The molecule has 1 fully saturated rings. The smallest absolute Gasteiger partial charge is 0.272 e. The lowest BCUT2D eigenvalue weighted by Crippen LogP contribution is -2.45. The zero-order chi connectivity index (χ0) is 23.3. The van der Waals surface area contributed by atoms with Crippen LogP contribution in [0.25, 0.3) is 0 Å². The fourth-order valence-electron chi connectivity index (χ4n) is 5.03. The van der Waals surface area contributed by atoms with Crippen LogP contribution < -0.4 is 4.74 Å². The van der Waals surface area contributed by atoms with Gasteiger partial charge in [0.1, 0.15) is 18.1 Å². The lowest BCUT2D eigenvalue weighted by Gasteiger charge is -2.41. The summed E-state index contributed by atoms with van der Waals surface area (Å²) in [5.74, 6) is 0.527. The van der Waals surface area contributed by atoms with E-state index in [0.717, 1.165) is 45.2 Å². The van der Waals surface area contributed by atoms with Gasteiger partial charge in [-0.15, -0.1) is 0 Å². The maximum atomic E-state index is 13.3. The average molecular weight is 455 g/mol. The van der Waals surface area contributed by atoms with E-state index in [1.807, 2.05) is 34.1 Å². The van der Waals surface area contributed by atoms with Gasteiger partial charge in [-0.25, -0.2) is 0 Å². The molecule has 0 saturated carbocycles. The number of piperidine rings is 1. The first-order chi connectivity index (χ1) is 16.0. The molecule has 0 unspecified atom stereocenters. The van der Waals surface area contributed by atoms with Crippen LogP contribution in [0.3, 0.4) is 0 Å². The number of hydrogen-bond acceptors (Lipinski definition) is 5. The molecule has 1 aromatic carbocycles. The Bertz CT molecular complexity index is 965. The van der Waals surface area contributed by atoms with Crippen molar-refractivity contribution in [1.82, 2.24) is 19.6 Å². The first-order valence-corrected chi connectivity index (χ1v) is 11.8. The Morgan fingerprint density at radius 2 is 1.88 bits per heavy atom. The average Bonchev–Trinajstić information content (AvgIpc) is 3.26. The highest BCUT2D eigenvalue weighted by Gasteiger charge is 2.36. The van der Waals surface area contributed by atoms with Crippen LogP contribution in [0.2, 0.25) is 0 Å². The molecule has 3 aliphatic heterocycles. The van der Waals surface area contributed by atoms with E-state index in [9.17, 15) is 9.59 Å². The number of fused-ring (bicyclic) bond motifs is 9. The van der Waals surface area contributed by atoms with Crippen molar-refractivity contribution < 1.29 is 19.1 Å². The van der Waals surface area contributed by atoms with Crippen molar-refractivity contribution in [2.45, 2.75) is 32.1 Å². The van der Waals surface area contributed by atoms with Crippen molar-refractivity contribution in [3.8, 4) is 5.75 Å². The quantitative estimate of drug-likeness (QED) is 0.713.